The minimum Gasteiger partial charge on any atom is -0.380 e. The van der Waals surface area contributed by atoms with Crippen molar-refractivity contribution in [3.8, 4) is 0 Å². The number of rotatable bonds is 3. The predicted octanol–water partition coefficient (Wildman–Crippen LogP) is 3.00. The molecule has 0 radical (unpaired) electrons. The number of carbonyl (C=O) groups excluding carboxylic acids is 1. The zero-order chi connectivity index (χ0) is 15.1. The summed E-state index contributed by atoms with van der Waals surface area (Å²) in [6.45, 7) is 14.7. The van der Waals surface area contributed by atoms with Gasteiger partial charge in [0, 0.05) is 17.5 Å². The fraction of sp³-hybridized carbons (Fsp3) is 0.588. The summed E-state index contributed by atoms with van der Waals surface area (Å²) in [5.74, 6) is 0.0410. The van der Waals surface area contributed by atoms with E-state index in [4.69, 9.17) is 4.74 Å². The van der Waals surface area contributed by atoms with E-state index in [9.17, 15) is 4.79 Å². The number of carbonyl (C=O) groups is 1. The molecular formula is C17H25NO2. The molecule has 1 fully saturated rings. The Morgan fingerprint density at radius 1 is 1.00 bits per heavy atom. The quantitative estimate of drug-likeness (QED) is 0.921. The summed E-state index contributed by atoms with van der Waals surface area (Å²) >= 11 is 0. The first-order valence-electron chi connectivity index (χ1n) is 7.20. The lowest BCUT2D eigenvalue weighted by Gasteiger charge is -2.38. The summed E-state index contributed by atoms with van der Waals surface area (Å²) in [5.41, 5.74) is 6.86. The lowest BCUT2D eigenvalue weighted by atomic mass is 9.87. The van der Waals surface area contributed by atoms with E-state index in [1.165, 1.54) is 16.7 Å². The van der Waals surface area contributed by atoms with Crippen molar-refractivity contribution in [3.05, 3.63) is 33.4 Å². The maximum Gasteiger partial charge on any atom is 0.251 e. The molecule has 2 rings (SSSR count). The summed E-state index contributed by atoms with van der Waals surface area (Å²) in [4.78, 5) is 12.5. The summed E-state index contributed by atoms with van der Waals surface area (Å²) in [5, 5.41) is 3.08. The fourth-order valence-electron chi connectivity index (χ4n) is 2.78. The third-order valence-electron chi connectivity index (χ3n) is 4.80. The van der Waals surface area contributed by atoms with Crippen LogP contribution < -0.4 is 5.32 Å². The molecule has 1 saturated heterocycles. The van der Waals surface area contributed by atoms with E-state index in [0.29, 0.717) is 6.54 Å². The maximum absolute atomic E-state index is 12.5. The molecule has 1 aromatic carbocycles. The molecule has 0 aromatic heterocycles. The smallest absolute Gasteiger partial charge is 0.251 e. The Bertz CT molecular complexity index is 528. The molecule has 1 amide bonds. The zero-order valence-electron chi connectivity index (χ0n) is 13.4. The molecule has 3 nitrogen and oxygen atoms in total. The number of hydrogen-bond acceptors (Lipinski definition) is 2. The third-order valence-corrected chi connectivity index (χ3v) is 4.80. The summed E-state index contributed by atoms with van der Waals surface area (Å²) in [7, 11) is 0. The minimum atomic E-state index is 0.0410. The van der Waals surface area contributed by atoms with Crippen LogP contribution in [0.1, 0.15) is 45.1 Å². The van der Waals surface area contributed by atoms with Gasteiger partial charge in [0.25, 0.3) is 5.91 Å². The average molecular weight is 275 g/mol. The topological polar surface area (TPSA) is 38.3 Å². The molecule has 110 valence electrons. The number of nitrogens with one attached hydrogen (secondary N) is 1. The molecule has 1 N–H and O–H groups in total. The highest BCUT2D eigenvalue weighted by molar-refractivity contribution is 5.98. The van der Waals surface area contributed by atoms with Crippen molar-refractivity contribution in [2.75, 3.05) is 19.8 Å². The van der Waals surface area contributed by atoms with Crippen LogP contribution in [-0.4, -0.2) is 25.7 Å². The average Bonchev–Trinajstić information content (AvgIpc) is 2.38. The van der Waals surface area contributed by atoms with Gasteiger partial charge in [-0.3, -0.25) is 4.79 Å². The first kappa shape index (κ1) is 15.0. The van der Waals surface area contributed by atoms with E-state index in [-0.39, 0.29) is 11.3 Å². The molecule has 0 unspecified atom stereocenters. The lowest BCUT2D eigenvalue weighted by molar-refractivity contribution is -0.0978. The molecule has 1 aromatic rings. The number of amides is 1. The van der Waals surface area contributed by atoms with Gasteiger partial charge in [-0.05, 0) is 62.4 Å². The number of hydrogen-bond donors (Lipinski definition) is 1. The largest absolute Gasteiger partial charge is 0.380 e. The van der Waals surface area contributed by atoms with E-state index in [1.54, 1.807) is 0 Å². The lowest BCUT2D eigenvalue weighted by Crippen LogP contribution is -2.48. The maximum atomic E-state index is 12.5. The summed E-state index contributed by atoms with van der Waals surface area (Å²) in [6, 6.07) is 0. The molecule has 1 heterocycles. The monoisotopic (exact) mass is 275 g/mol. The number of benzene rings is 1. The first-order chi connectivity index (χ1) is 9.27. The highest BCUT2D eigenvalue weighted by Crippen LogP contribution is 2.27. The Morgan fingerprint density at radius 2 is 1.45 bits per heavy atom. The highest BCUT2D eigenvalue weighted by Gasteiger charge is 2.34. The highest BCUT2D eigenvalue weighted by atomic mass is 16.5. The Labute approximate surface area is 121 Å². The van der Waals surface area contributed by atoms with E-state index >= 15 is 0 Å². The van der Waals surface area contributed by atoms with Crippen LogP contribution in [0.3, 0.4) is 0 Å². The predicted molar refractivity (Wildman–Crippen MR) is 81.4 cm³/mol. The van der Waals surface area contributed by atoms with Gasteiger partial charge in [0.1, 0.15) is 0 Å². The summed E-state index contributed by atoms with van der Waals surface area (Å²) < 4.78 is 5.23. The van der Waals surface area contributed by atoms with Crippen molar-refractivity contribution < 1.29 is 9.53 Å². The Hall–Kier alpha value is -1.35. The molecule has 0 atom stereocenters. The van der Waals surface area contributed by atoms with Crippen LogP contribution in [0.25, 0.3) is 0 Å². The van der Waals surface area contributed by atoms with Crippen molar-refractivity contribution in [2.24, 2.45) is 5.41 Å². The summed E-state index contributed by atoms with van der Waals surface area (Å²) in [6.07, 6.45) is 0. The van der Waals surface area contributed by atoms with Gasteiger partial charge in [0.05, 0.1) is 13.2 Å². The van der Waals surface area contributed by atoms with Crippen LogP contribution in [-0.2, 0) is 4.74 Å². The van der Waals surface area contributed by atoms with E-state index in [0.717, 1.165) is 29.9 Å². The second-order valence-electron chi connectivity index (χ2n) is 6.49. The molecule has 3 heteroatoms. The van der Waals surface area contributed by atoms with Crippen LogP contribution in [0.5, 0.6) is 0 Å². The van der Waals surface area contributed by atoms with Gasteiger partial charge in [0.2, 0.25) is 0 Å². The van der Waals surface area contributed by atoms with Gasteiger partial charge in [-0.15, -0.1) is 0 Å². The Kier molecular flexibility index (Phi) is 3.92. The standard InChI is InChI=1S/C17H25NO2/c1-10-11(2)13(4)15(14(5)12(10)3)16(19)18-7-17(6)8-20-9-17/h7-9H2,1-6H3,(H,18,19). The Balaban J connectivity index is 2.26. The Morgan fingerprint density at radius 3 is 1.85 bits per heavy atom. The fourth-order valence-corrected chi connectivity index (χ4v) is 2.78. The third kappa shape index (κ3) is 2.47. The molecule has 20 heavy (non-hydrogen) atoms. The molecular weight excluding hydrogens is 250 g/mol. The van der Waals surface area contributed by atoms with Crippen molar-refractivity contribution in [2.45, 2.75) is 41.5 Å². The molecule has 0 saturated carbocycles. The van der Waals surface area contributed by atoms with E-state index in [2.05, 4.69) is 33.0 Å². The van der Waals surface area contributed by atoms with Gasteiger partial charge < -0.3 is 10.1 Å². The molecule has 0 aliphatic carbocycles. The van der Waals surface area contributed by atoms with Crippen molar-refractivity contribution in [1.82, 2.24) is 5.32 Å². The number of ether oxygens (including phenoxy) is 1. The van der Waals surface area contributed by atoms with Gasteiger partial charge >= 0.3 is 0 Å². The van der Waals surface area contributed by atoms with Crippen LogP contribution >= 0.6 is 0 Å². The van der Waals surface area contributed by atoms with Crippen LogP contribution in [0, 0.1) is 40.0 Å². The van der Waals surface area contributed by atoms with Crippen molar-refractivity contribution in [1.29, 1.82) is 0 Å². The van der Waals surface area contributed by atoms with Gasteiger partial charge in [0.15, 0.2) is 0 Å². The molecule has 1 aliphatic rings. The first-order valence-corrected chi connectivity index (χ1v) is 7.20. The second-order valence-corrected chi connectivity index (χ2v) is 6.49. The van der Waals surface area contributed by atoms with E-state index in [1.807, 2.05) is 13.8 Å². The minimum absolute atomic E-state index is 0.0410. The van der Waals surface area contributed by atoms with Crippen LogP contribution in [0.4, 0.5) is 0 Å². The van der Waals surface area contributed by atoms with Crippen LogP contribution in [0.2, 0.25) is 0 Å². The van der Waals surface area contributed by atoms with Gasteiger partial charge in [-0.2, -0.15) is 0 Å². The van der Waals surface area contributed by atoms with Gasteiger partial charge in [-0.1, -0.05) is 6.92 Å². The SMILES string of the molecule is Cc1c(C)c(C)c(C(=O)NCC2(C)COC2)c(C)c1C. The normalized spacial score (nSPS) is 16.7. The zero-order valence-corrected chi connectivity index (χ0v) is 13.4. The van der Waals surface area contributed by atoms with Crippen LogP contribution in [0.15, 0.2) is 0 Å². The molecule has 0 spiro atoms. The molecule has 1 aliphatic heterocycles. The molecule has 0 bridgehead atoms. The second kappa shape index (κ2) is 5.21. The van der Waals surface area contributed by atoms with E-state index < -0.39 is 0 Å². The van der Waals surface area contributed by atoms with Crippen molar-refractivity contribution in [3.63, 3.8) is 0 Å². The van der Waals surface area contributed by atoms with Gasteiger partial charge in [-0.25, -0.2) is 0 Å². The van der Waals surface area contributed by atoms with Crippen molar-refractivity contribution >= 4 is 5.91 Å².